The number of quaternary nitrogens is 1. The molecule has 100 heavy (non-hydrogen) atoms. The molecule has 0 aliphatic carbocycles. The standard InChI is InChI=1S/C19H20F2O3.2C18H19F2NO2.C15H14F2O2.C4H8O2.3CH4.CH3.HI.H2/c1-12(2)18(22)24-13(3)19(23,14-4-8-16(20)9-5-14)15-6-10-17(21)11-7-15;2*1-11(21)18(22)23-12(2)17(13-3-7-15(19)8-4-13)14-5-9-16(20)10-6-14;1-10(18)15(19,11-2-6-13(16)7-3-11)12-4-8-14(17)9-5-12;1-3(2)4(5)6;;;;;;/h4-13,23H,1-3H3;2*3-12,17H,21H2,1-2H3;2-10,18-19H,1H3;3H,1-2H3,(H,5,6);3*1H4;1H3;2*1H/q;;;;;;;;-1;;/p+1/t13-;2*11-,12-;10-;;;;;;;/m0000......./s1. The third kappa shape index (κ3) is 27.6. The summed E-state index contributed by atoms with van der Waals surface area (Å²) in [5.74, 6) is -6.57. The zero-order chi connectivity index (χ0) is 71.1. The fraction of sp³-hybridized carbons (Fsp3) is 0.321. The summed E-state index contributed by atoms with van der Waals surface area (Å²) in [6, 6.07) is 43.5. The Bertz CT molecular complexity index is 3370. The summed E-state index contributed by atoms with van der Waals surface area (Å²) in [7, 11) is 0. The van der Waals surface area contributed by atoms with Crippen molar-refractivity contribution in [3.05, 3.63) is 293 Å². The minimum atomic E-state index is -1.73. The van der Waals surface area contributed by atoms with E-state index in [2.05, 4.69) is 5.73 Å². The number of esters is 3. The number of carbonyl (C=O) groups is 4. The Morgan fingerprint density at radius 3 is 0.790 bits per heavy atom. The maximum absolute atomic E-state index is 13.2. The lowest BCUT2D eigenvalue weighted by atomic mass is 9.82. The lowest BCUT2D eigenvalue weighted by molar-refractivity contribution is -0.403. The summed E-state index contributed by atoms with van der Waals surface area (Å²) in [5, 5.41) is 39.9. The van der Waals surface area contributed by atoms with Crippen molar-refractivity contribution in [3.8, 4) is 0 Å². The molecule has 0 saturated heterocycles. The second-order valence-corrected chi connectivity index (χ2v) is 23.1. The maximum Gasteiger partial charge on any atom is 0.364 e. The molecule has 0 bridgehead atoms. The number of carbonyl (C=O) groups excluding carboxylic acids is 3. The first-order chi connectivity index (χ1) is 44.6. The number of aliphatic hydroxyl groups excluding tert-OH is 1. The van der Waals surface area contributed by atoms with Crippen molar-refractivity contribution in [2.75, 3.05) is 0 Å². The van der Waals surface area contributed by atoms with Gasteiger partial charge in [0.1, 0.15) is 76.5 Å². The molecule has 0 unspecified atom stereocenters. The summed E-state index contributed by atoms with van der Waals surface area (Å²) in [5.41, 5.74) is 10.2. The van der Waals surface area contributed by atoms with E-state index in [4.69, 9.17) is 25.1 Å². The van der Waals surface area contributed by atoms with Crippen molar-refractivity contribution in [2.24, 2.45) is 17.6 Å². The van der Waals surface area contributed by atoms with Gasteiger partial charge in [0.2, 0.25) is 0 Å². The van der Waals surface area contributed by atoms with E-state index in [-0.39, 0.29) is 102 Å². The molecule has 0 aliphatic heterocycles. The fourth-order valence-electron chi connectivity index (χ4n) is 9.37. The van der Waals surface area contributed by atoms with E-state index >= 15 is 0 Å². The van der Waals surface area contributed by atoms with Crippen molar-refractivity contribution in [2.45, 2.75) is 151 Å². The van der Waals surface area contributed by atoms with Crippen LogP contribution in [-0.2, 0) is 44.6 Å². The molecule has 8 aromatic carbocycles. The van der Waals surface area contributed by atoms with E-state index < -0.39 is 94.8 Å². The number of carboxylic acid groups (broad SMARTS) is 1. The minimum Gasteiger partial charge on any atom is -0.481 e. The summed E-state index contributed by atoms with van der Waals surface area (Å²) in [6.45, 7) is 16.3. The first-order valence-corrected chi connectivity index (χ1v) is 30.2. The Balaban J connectivity index is -0.00000121. The lowest BCUT2D eigenvalue weighted by Crippen LogP contribution is -2.63. The average Bonchev–Trinajstić information content (AvgIpc) is 0.785. The van der Waals surface area contributed by atoms with E-state index in [0.717, 1.165) is 22.3 Å². The first kappa shape index (κ1) is 93.7. The smallest absolute Gasteiger partial charge is 0.364 e. The molecule has 8 aromatic rings. The van der Waals surface area contributed by atoms with E-state index in [1.165, 1.54) is 153 Å². The monoisotopic (exact) mass is 1520 g/mol. The number of benzene rings is 8. The number of aliphatic hydroxyl groups is 3. The van der Waals surface area contributed by atoms with Crippen LogP contribution in [0.25, 0.3) is 0 Å². The molecule has 8 rings (SSSR count). The second-order valence-electron chi connectivity index (χ2n) is 23.1. The van der Waals surface area contributed by atoms with Crippen LogP contribution in [0.4, 0.5) is 35.1 Å². The van der Waals surface area contributed by atoms with Gasteiger partial charge in [0.05, 0.1) is 17.9 Å². The van der Waals surface area contributed by atoms with Gasteiger partial charge in [0.25, 0.3) is 0 Å². The highest BCUT2D eigenvalue weighted by Crippen LogP contribution is 2.37. The Morgan fingerprint density at radius 2 is 0.600 bits per heavy atom. The van der Waals surface area contributed by atoms with Gasteiger partial charge in [0, 0.05) is 13.3 Å². The first-order valence-electron chi connectivity index (χ1n) is 30.2. The number of aliphatic carboxylic acids is 1. The molecule has 0 spiro atoms. The summed E-state index contributed by atoms with van der Waals surface area (Å²) >= 11 is 0. The summed E-state index contributed by atoms with van der Waals surface area (Å²) < 4.78 is 121. The molecule has 0 aromatic heterocycles. The van der Waals surface area contributed by atoms with Gasteiger partial charge in [-0.05, 0) is 183 Å². The second kappa shape index (κ2) is 44.0. The summed E-state index contributed by atoms with van der Waals surface area (Å²) in [6.07, 6.45) is -3.13. The predicted octanol–water partition coefficient (Wildman–Crippen LogP) is 16.4. The zero-order valence-corrected chi connectivity index (χ0v) is 57.9. The minimum absolute atomic E-state index is 0. The van der Waals surface area contributed by atoms with Crippen LogP contribution in [0.2, 0.25) is 0 Å². The number of rotatable bonds is 19. The van der Waals surface area contributed by atoms with Crippen molar-refractivity contribution in [1.29, 1.82) is 0 Å². The highest BCUT2D eigenvalue weighted by atomic mass is 127. The Hall–Kier alpha value is -8.39. The lowest BCUT2D eigenvalue weighted by Gasteiger charge is -2.35. The molecule has 22 heteroatoms. The highest BCUT2D eigenvalue weighted by Gasteiger charge is 2.41. The summed E-state index contributed by atoms with van der Waals surface area (Å²) in [4.78, 5) is 45.2. The molecule has 0 fully saturated rings. The van der Waals surface area contributed by atoms with Crippen LogP contribution in [0.3, 0.4) is 0 Å². The van der Waals surface area contributed by atoms with Gasteiger partial charge in [0.15, 0.2) is 11.6 Å². The number of hydrogen-bond acceptors (Lipinski definition) is 11. The third-order valence-corrected chi connectivity index (χ3v) is 14.8. The van der Waals surface area contributed by atoms with Gasteiger partial charge >= 0.3 is 23.9 Å². The molecule has 6 atom stereocenters. The Morgan fingerprint density at radius 1 is 0.390 bits per heavy atom. The average molecular weight is 1520 g/mol. The topological polar surface area (TPSA) is 231 Å². The fourth-order valence-corrected chi connectivity index (χ4v) is 9.37. The molecule has 550 valence electrons. The zero-order valence-electron chi connectivity index (χ0n) is 55.6. The van der Waals surface area contributed by atoms with Crippen LogP contribution in [0.1, 0.15) is 149 Å². The van der Waals surface area contributed by atoms with Gasteiger partial charge in [-0.2, -0.15) is 0 Å². The molecular weight excluding hydrogens is 1420 g/mol. The normalized spacial score (nSPS) is 12.5. The number of carboxylic acids is 1. The molecule has 0 amide bonds. The van der Waals surface area contributed by atoms with E-state index in [0.29, 0.717) is 22.3 Å². The Kier molecular flexibility index (Phi) is 41.2. The highest BCUT2D eigenvalue weighted by molar-refractivity contribution is 14.0. The van der Waals surface area contributed by atoms with E-state index in [9.17, 15) is 69.6 Å². The predicted molar refractivity (Wildman–Crippen MR) is 387 cm³/mol. The molecule has 0 aliphatic rings. The van der Waals surface area contributed by atoms with Gasteiger partial charge < -0.3 is 53.5 Å². The number of nitrogens with two attached hydrogens (primary N) is 1. The van der Waals surface area contributed by atoms with Gasteiger partial charge in [-0.15, -0.1) is 24.0 Å². The van der Waals surface area contributed by atoms with Gasteiger partial charge in [-0.25, -0.2) is 39.9 Å². The van der Waals surface area contributed by atoms with Crippen molar-refractivity contribution in [1.82, 2.24) is 0 Å². The largest absolute Gasteiger partial charge is 0.481 e. The van der Waals surface area contributed by atoms with Crippen LogP contribution in [0.15, 0.2) is 194 Å². The van der Waals surface area contributed by atoms with Crippen LogP contribution in [0, 0.1) is 65.8 Å². The number of hydrogen-bond donors (Lipinski definition) is 6. The maximum atomic E-state index is 13.2. The quantitative estimate of drug-likeness (QED) is 0.0146. The molecule has 0 radical (unpaired) electrons. The van der Waals surface area contributed by atoms with Crippen molar-refractivity contribution >= 4 is 47.9 Å². The van der Waals surface area contributed by atoms with Crippen LogP contribution < -0.4 is 11.5 Å². The number of halogens is 9. The van der Waals surface area contributed by atoms with Crippen LogP contribution >= 0.6 is 24.0 Å². The molecule has 0 heterocycles. The number of ether oxygens (including phenoxy) is 3. The molecular formula is C78H99F8IN2O11. The molecule has 0 saturated carbocycles. The van der Waals surface area contributed by atoms with Crippen LogP contribution in [-0.4, -0.2) is 80.8 Å². The van der Waals surface area contributed by atoms with Crippen LogP contribution in [0.5, 0.6) is 0 Å². The SMILES string of the molecule is C.C.C.CC(C)C(=O)O.CC(C)C(=O)O[C@@H](C)C(O)(c1ccc(F)cc1)c1ccc(F)cc1.C[C@H](N)C(=O)O[C@@H](C)C(c1ccc(F)cc1)c1ccc(F)cc1.C[C@H](O)C(O)(c1ccc(F)cc1)c1ccc(F)cc1.C[C@H]([NH3+])C(=O)O[C@@H](C)C(c1ccc(F)cc1)c1ccc(F)cc1.I.[CH3-].[HH]. The molecule has 9 N–H and O–H groups in total. The van der Waals surface area contributed by atoms with Gasteiger partial charge in [-0.3, -0.25) is 14.4 Å². The molecule has 13 nitrogen and oxygen atoms in total. The Labute approximate surface area is 602 Å². The van der Waals surface area contributed by atoms with E-state index in [1.54, 1.807) is 111 Å². The van der Waals surface area contributed by atoms with E-state index in [1.807, 2.05) is 0 Å². The van der Waals surface area contributed by atoms with Crippen molar-refractivity contribution < 1.29 is 96.1 Å². The third-order valence-electron chi connectivity index (χ3n) is 14.8. The van der Waals surface area contributed by atoms with Gasteiger partial charge in [-0.1, -0.05) is 147 Å². The van der Waals surface area contributed by atoms with Crippen molar-refractivity contribution in [3.63, 3.8) is 0 Å².